The molecule has 0 fully saturated rings. The van der Waals surface area contributed by atoms with Gasteiger partial charge >= 0.3 is 0 Å². The molecule has 0 saturated carbocycles. The van der Waals surface area contributed by atoms with Gasteiger partial charge in [0, 0.05) is 12.8 Å². The maximum absolute atomic E-state index is 2.46. The standard InChI is InChI=1S/C28H26N4/c1-2-8-22-16-26-25(15-21(22)7-1)29-11-5-13-31-20-32(14-6-12-30(26)19-29)28-18-24-10-4-3-9-23(24)17-27(28)31/h1-4,7-10,15-20H,5-6,11-14H2/q+2. The second-order valence-corrected chi connectivity index (χ2v) is 9.09. The van der Waals surface area contributed by atoms with Crippen LogP contribution in [0.3, 0.4) is 0 Å². The van der Waals surface area contributed by atoms with Gasteiger partial charge in [-0.3, -0.25) is 0 Å². The lowest BCUT2D eigenvalue weighted by Gasteiger charge is -2.01. The number of imidazole rings is 2. The van der Waals surface area contributed by atoms with Gasteiger partial charge in [0.25, 0.3) is 0 Å². The molecule has 0 aliphatic carbocycles. The number of hydrogen-bond acceptors (Lipinski definition) is 0. The van der Waals surface area contributed by atoms with E-state index in [1.807, 2.05) is 0 Å². The molecule has 0 atom stereocenters. The number of hydrogen-bond donors (Lipinski definition) is 0. The van der Waals surface area contributed by atoms with Crippen LogP contribution in [0.5, 0.6) is 0 Å². The van der Waals surface area contributed by atoms with E-state index in [1.165, 1.54) is 43.6 Å². The van der Waals surface area contributed by atoms with Crippen LogP contribution in [0, 0.1) is 0 Å². The normalized spacial score (nSPS) is 14.8. The third kappa shape index (κ3) is 2.76. The van der Waals surface area contributed by atoms with E-state index >= 15 is 0 Å². The van der Waals surface area contributed by atoms with Crippen molar-refractivity contribution in [2.75, 3.05) is 0 Å². The Balaban J connectivity index is 1.34. The molecule has 7 rings (SSSR count). The maximum atomic E-state index is 2.46. The lowest BCUT2D eigenvalue weighted by Crippen LogP contribution is -2.38. The fourth-order valence-corrected chi connectivity index (χ4v) is 5.47. The van der Waals surface area contributed by atoms with Crippen molar-refractivity contribution in [3.8, 4) is 0 Å². The van der Waals surface area contributed by atoms with Crippen LogP contribution in [0.1, 0.15) is 12.8 Å². The highest BCUT2D eigenvalue weighted by Crippen LogP contribution is 2.24. The van der Waals surface area contributed by atoms with Crippen LogP contribution in [-0.2, 0) is 26.2 Å². The molecule has 0 saturated heterocycles. The Morgan fingerprint density at radius 1 is 0.531 bits per heavy atom. The molecule has 0 spiro atoms. The summed E-state index contributed by atoms with van der Waals surface area (Å²) in [4.78, 5) is 0. The summed E-state index contributed by atoms with van der Waals surface area (Å²) in [6.07, 6.45) is 6.88. The van der Waals surface area contributed by atoms with Gasteiger partial charge in [-0.05, 0) is 45.8 Å². The zero-order chi connectivity index (χ0) is 21.1. The minimum absolute atomic E-state index is 1.02. The number of aryl methyl sites for hydroxylation is 4. The number of fused-ring (bicyclic) bond motifs is 12. The average molecular weight is 419 g/mol. The Kier molecular flexibility index (Phi) is 3.89. The van der Waals surface area contributed by atoms with Crippen LogP contribution in [0.15, 0.2) is 85.5 Å². The Morgan fingerprint density at radius 2 is 0.969 bits per heavy atom. The molecular weight excluding hydrogens is 392 g/mol. The summed E-state index contributed by atoms with van der Waals surface area (Å²) < 4.78 is 9.83. The topological polar surface area (TPSA) is 17.6 Å². The van der Waals surface area contributed by atoms with E-state index < -0.39 is 0 Å². The second kappa shape index (κ2) is 6.92. The van der Waals surface area contributed by atoms with Crippen LogP contribution >= 0.6 is 0 Å². The number of nitrogens with zero attached hydrogens (tertiary/aromatic N) is 4. The number of benzene rings is 4. The predicted molar refractivity (Wildman–Crippen MR) is 129 cm³/mol. The molecule has 6 aromatic rings. The van der Waals surface area contributed by atoms with E-state index in [1.54, 1.807) is 0 Å². The third-order valence-electron chi connectivity index (χ3n) is 7.08. The van der Waals surface area contributed by atoms with Crippen molar-refractivity contribution in [2.45, 2.75) is 39.0 Å². The minimum Gasteiger partial charge on any atom is -0.230 e. The highest BCUT2D eigenvalue weighted by atomic mass is 15.2. The molecule has 2 aromatic heterocycles. The van der Waals surface area contributed by atoms with Crippen LogP contribution in [0.4, 0.5) is 0 Å². The summed E-state index contributed by atoms with van der Waals surface area (Å²) in [6.45, 7) is 4.09. The van der Waals surface area contributed by atoms with Crippen LogP contribution < -0.4 is 9.13 Å². The van der Waals surface area contributed by atoms with E-state index in [2.05, 4.69) is 104 Å². The van der Waals surface area contributed by atoms with Gasteiger partial charge in [0.1, 0.15) is 0 Å². The quantitative estimate of drug-likeness (QED) is 0.310. The van der Waals surface area contributed by atoms with Gasteiger partial charge in [-0.25, -0.2) is 18.3 Å². The van der Waals surface area contributed by atoms with Crippen molar-refractivity contribution >= 4 is 43.6 Å². The first kappa shape index (κ1) is 18.0. The lowest BCUT2D eigenvalue weighted by molar-refractivity contribution is -0.703. The highest BCUT2D eigenvalue weighted by molar-refractivity contribution is 5.94. The summed E-state index contributed by atoms with van der Waals surface area (Å²) >= 11 is 0. The summed E-state index contributed by atoms with van der Waals surface area (Å²) in [5, 5.41) is 5.27. The van der Waals surface area contributed by atoms with Gasteiger partial charge in [-0.2, -0.15) is 0 Å². The van der Waals surface area contributed by atoms with E-state index in [0.717, 1.165) is 39.0 Å². The van der Waals surface area contributed by atoms with Gasteiger partial charge in [-0.15, -0.1) is 0 Å². The second-order valence-electron chi connectivity index (χ2n) is 9.09. The summed E-state index contributed by atoms with van der Waals surface area (Å²) in [5.41, 5.74) is 5.38. The Labute approximate surface area is 186 Å². The predicted octanol–water partition coefficient (Wildman–Crippen LogP) is 4.97. The van der Waals surface area contributed by atoms with E-state index in [-0.39, 0.29) is 0 Å². The lowest BCUT2D eigenvalue weighted by atomic mass is 10.1. The molecule has 0 radical (unpaired) electrons. The van der Waals surface area contributed by atoms with E-state index in [0.29, 0.717) is 0 Å². The van der Waals surface area contributed by atoms with Crippen molar-refractivity contribution in [3.63, 3.8) is 0 Å². The van der Waals surface area contributed by atoms with Gasteiger partial charge < -0.3 is 0 Å². The molecule has 1 aliphatic heterocycles. The van der Waals surface area contributed by atoms with E-state index in [9.17, 15) is 0 Å². The average Bonchev–Trinajstić information content (AvgIpc) is 3.33. The third-order valence-corrected chi connectivity index (χ3v) is 7.08. The number of aromatic nitrogens is 4. The van der Waals surface area contributed by atoms with Crippen molar-refractivity contribution in [2.24, 2.45) is 0 Å². The molecule has 156 valence electrons. The van der Waals surface area contributed by atoms with Crippen LogP contribution in [0.2, 0.25) is 0 Å². The maximum Gasteiger partial charge on any atom is 0.244 e. The van der Waals surface area contributed by atoms with Crippen molar-refractivity contribution in [1.29, 1.82) is 0 Å². The van der Waals surface area contributed by atoms with Crippen molar-refractivity contribution in [3.05, 3.63) is 85.5 Å². The zero-order valence-corrected chi connectivity index (χ0v) is 18.1. The highest BCUT2D eigenvalue weighted by Gasteiger charge is 2.21. The summed E-state index contributed by atoms with van der Waals surface area (Å²) in [6, 6.07) is 26.9. The van der Waals surface area contributed by atoms with Gasteiger partial charge in [-0.1, -0.05) is 48.5 Å². The monoisotopic (exact) mass is 418 g/mol. The smallest absolute Gasteiger partial charge is 0.230 e. The van der Waals surface area contributed by atoms with Gasteiger partial charge in [0.2, 0.25) is 12.7 Å². The van der Waals surface area contributed by atoms with Crippen molar-refractivity contribution < 1.29 is 9.13 Å². The van der Waals surface area contributed by atoms with Crippen molar-refractivity contribution in [1.82, 2.24) is 9.13 Å². The molecule has 0 amide bonds. The van der Waals surface area contributed by atoms with Gasteiger partial charge in [0.15, 0.2) is 22.1 Å². The summed E-state index contributed by atoms with van der Waals surface area (Å²) in [5.74, 6) is 0. The Bertz CT molecular complexity index is 1400. The first-order chi connectivity index (χ1) is 15.8. The molecule has 0 unspecified atom stereocenters. The molecule has 0 N–H and O–H groups in total. The van der Waals surface area contributed by atoms with E-state index in [4.69, 9.17) is 0 Å². The van der Waals surface area contributed by atoms with Gasteiger partial charge in [0.05, 0.1) is 26.2 Å². The largest absolute Gasteiger partial charge is 0.244 e. The fraction of sp³-hybridized carbons (Fsp3) is 0.214. The first-order valence-corrected chi connectivity index (χ1v) is 11.7. The van der Waals surface area contributed by atoms with Crippen LogP contribution in [0.25, 0.3) is 43.6 Å². The molecule has 4 heteroatoms. The molecule has 4 aromatic carbocycles. The molecule has 4 nitrogen and oxygen atoms in total. The van der Waals surface area contributed by atoms with Crippen LogP contribution in [-0.4, -0.2) is 9.13 Å². The first-order valence-electron chi connectivity index (χ1n) is 11.7. The molecule has 3 heterocycles. The molecule has 1 aliphatic rings. The number of rotatable bonds is 0. The Hall–Kier alpha value is -3.66. The molecular formula is C28H26N4+2. The zero-order valence-electron chi connectivity index (χ0n) is 18.1. The molecule has 4 bridgehead atoms. The molecule has 32 heavy (non-hydrogen) atoms. The SMILES string of the molecule is c1ccc2cc3c(cc2c1)n1c[n+]3CCC[n+]2cn(c3cc4ccccc4cc32)CCC1. The minimum atomic E-state index is 1.02. The Morgan fingerprint density at radius 3 is 1.44 bits per heavy atom. The fourth-order valence-electron chi connectivity index (χ4n) is 5.47. The summed E-state index contributed by atoms with van der Waals surface area (Å²) in [7, 11) is 0.